The monoisotopic (exact) mass is 850 g/mol. The van der Waals surface area contributed by atoms with Gasteiger partial charge in [0, 0.05) is 12.8 Å². The summed E-state index contributed by atoms with van der Waals surface area (Å²) in [5.41, 5.74) is 5.33. The van der Waals surface area contributed by atoms with E-state index in [1.165, 1.54) is 89.9 Å². The molecule has 1 unspecified atom stereocenters. The number of ether oxygens (including phenoxy) is 2. The minimum Gasteiger partial charge on any atom is -0.480 e. The smallest absolute Gasteiger partial charge is 0.472 e. The molecule has 58 heavy (non-hydrogen) atoms. The number of hydrogen-bond donors (Lipinski definition) is 5. The number of carboxylic acids is 1. The van der Waals surface area contributed by atoms with Gasteiger partial charge in [0.25, 0.3) is 0 Å². The maximum atomic E-state index is 12.6. The Morgan fingerprint density at radius 2 is 1.03 bits per heavy atom. The van der Waals surface area contributed by atoms with Crippen LogP contribution in [-0.2, 0) is 37.5 Å². The van der Waals surface area contributed by atoms with E-state index in [0.29, 0.717) is 25.7 Å². The Morgan fingerprint density at radius 1 is 0.586 bits per heavy atom. The van der Waals surface area contributed by atoms with Crippen LogP contribution in [0.4, 0.5) is 0 Å². The Balaban J connectivity index is 4.42. The highest BCUT2D eigenvalue weighted by Crippen LogP contribution is 2.43. The molecule has 0 spiro atoms. The molecule has 5 atom stereocenters. The Labute approximate surface area is 351 Å². The second kappa shape index (κ2) is 39.3. The average molecular weight is 850 g/mol. The third kappa shape index (κ3) is 37.2. The zero-order valence-corrected chi connectivity index (χ0v) is 37.3. The second-order valence-electron chi connectivity index (χ2n) is 15.9. The number of aliphatic hydroxyl groups is 2. The van der Waals surface area contributed by atoms with Crippen molar-refractivity contribution in [1.29, 1.82) is 0 Å². The Bertz CT molecular complexity index is 1080. The van der Waals surface area contributed by atoms with Crippen molar-refractivity contribution in [3.05, 3.63) is 12.2 Å². The van der Waals surface area contributed by atoms with E-state index < -0.39 is 63.3 Å². The van der Waals surface area contributed by atoms with Crippen LogP contribution in [0.2, 0.25) is 0 Å². The molecule has 0 fully saturated rings. The van der Waals surface area contributed by atoms with Crippen LogP contribution in [0.5, 0.6) is 0 Å². The molecule has 6 N–H and O–H groups in total. The molecular weight excluding hydrogens is 765 g/mol. The molecule has 0 bridgehead atoms. The van der Waals surface area contributed by atoms with Crippen molar-refractivity contribution in [2.75, 3.05) is 19.8 Å². The molecule has 0 aliphatic rings. The number of rotatable bonds is 43. The number of aliphatic carboxylic acids is 1. The van der Waals surface area contributed by atoms with Crippen LogP contribution >= 0.6 is 7.82 Å². The topological polar surface area (TPSA) is 212 Å². The van der Waals surface area contributed by atoms with Gasteiger partial charge in [-0.3, -0.25) is 23.4 Å². The molecule has 0 heterocycles. The molecule has 14 heteroatoms. The minimum atomic E-state index is -4.75. The van der Waals surface area contributed by atoms with Crippen LogP contribution in [0, 0.1) is 0 Å². The molecular formula is C44H84NO12P. The number of esters is 2. The van der Waals surface area contributed by atoms with Crippen molar-refractivity contribution in [2.45, 2.75) is 231 Å². The fourth-order valence-corrected chi connectivity index (χ4v) is 7.22. The predicted octanol–water partition coefficient (Wildman–Crippen LogP) is 10.0. The molecule has 0 aromatic heterocycles. The van der Waals surface area contributed by atoms with E-state index >= 15 is 0 Å². The largest absolute Gasteiger partial charge is 0.480 e. The van der Waals surface area contributed by atoms with Crippen molar-refractivity contribution < 1.29 is 57.7 Å². The Hall–Kier alpha value is -1.86. The molecule has 0 radical (unpaired) electrons. The van der Waals surface area contributed by atoms with E-state index in [0.717, 1.165) is 64.2 Å². The maximum absolute atomic E-state index is 12.6. The average Bonchev–Trinajstić information content (AvgIpc) is 3.19. The molecule has 0 aromatic carbocycles. The van der Waals surface area contributed by atoms with Crippen molar-refractivity contribution in [3.63, 3.8) is 0 Å². The van der Waals surface area contributed by atoms with Crippen LogP contribution in [0.15, 0.2) is 12.2 Å². The number of aliphatic hydroxyl groups excluding tert-OH is 2. The van der Waals surface area contributed by atoms with E-state index in [9.17, 15) is 34.1 Å². The quantitative estimate of drug-likeness (QED) is 0.0167. The van der Waals surface area contributed by atoms with Gasteiger partial charge in [-0.25, -0.2) is 4.57 Å². The fourth-order valence-electron chi connectivity index (χ4n) is 6.44. The van der Waals surface area contributed by atoms with Crippen molar-refractivity contribution >= 4 is 25.7 Å². The van der Waals surface area contributed by atoms with Gasteiger partial charge in [-0.05, 0) is 38.5 Å². The van der Waals surface area contributed by atoms with Crippen LogP contribution in [0.25, 0.3) is 0 Å². The lowest BCUT2D eigenvalue weighted by Gasteiger charge is -2.20. The number of hydrogen-bond acceptors (Lipinski definition) is 11. The van der Waals surface area contributed by atoms with Crippen molar-refractivity contribution in [2.24, 2.45) is 5.73 Å². The summed E-state index contributed by atoms with van der Waals surface area (Å²) in [5.74, 6) is -2.50. The number of allylic oxidation sites excluding steroid dienone is 1. The van der Waals surface area contributed by atoms with Gasteiger partial charge in [-0.1, -0.05) is 167 Å². The summed E-state index contributed by atoms with van der Waals surface area (Å²) in [7, 11) is -4.75. The van der Waals surface area contributed by atoms with Gasteiger partial charge in [0.1, 0.15) is 12.6 Å². The highest BCUT2D eigenvalue weighted by molar-refractivity contribution is 7.47. The SMILES string of the molecule is CCCCC/C=C\C[C@H](O)[C@@H](O)CCCCCCCC(=O)O[C@H](COC(=O)CCCCCCCCCCCCCCCCCCC)COP(=O)(O)OC[C@H](N)C(=O)O. The van der Waals surface area contributed by atoms with E-state index in [1.54, 1.807) is 0 Å². The van der Waals surface area contributed by atoms with Gasteiger partial charge in [-0.15, -0.1) is 0 Å². The third-order valence-corrected chi connectivity index (χ3v) is 11.2. The molecule has 0 saturated heterocycles. The van der Waals surface area contributed by atoms with E-state index in [2.05, 4.69) is 24.4 Å². The summed E-state index contributed by atoms with van der Waals surface area (Å²) in [5, 5.41) is 29.3. The van der Waals surface area contributed by atoms with Gasteiger partial charge >= 0.3 is 25.7 Å². The van der Waals surface area contributed by atoms with E-state index in [4.69, 9.17) is 24.8 Å². The molecule has 0 aliphatic heterocycles. The number of phosphoric ester groups is 1. The Kier molecular flexibility index (Phi) is 38.0. The van der Waals surface area contributed by atoms with Gasteiger partial charge in [0.2, 0.25) is 0 Å². The summed E-state index contributed by atoms with van der Waals surface area (Å²) < 4.78 is 32.6. The minimum absolute atomic E-state index is 0.0659. The fraction of sp³-hybridized carbons (Fsp3) is 0.886. The molecule has 0 aliphatic carbocycles. The summed E-state index contributed by atoms with van der Waals surface area (Å²) in [6.45, 7) is 2.61. The second-order valence-corrected chi connectivity index (χ2v) is 17.3. The first-order valence-corrected chi connectivity index (χ1v) is 24.4. The van der Waals surface area contributed by atoms with Gasteiger partial charge < -0.3 is 35.4 Å². The van der Waals surface area contributed by atoms with Gasteiger partial charge in [0.05, 0.1) is 25.4 Å². The highest BCUT2D eigenvalue weighted by atomic mass is 31.2. The first-order valence-electron chi connectivity index (χ1n) is 22.9. The summed E-state index contributed by atoms with van der Waals surface area (Å²) in [6.07, 6.45) is 31.5. The van der Waals surface area contributed by atoms with Crippen LogP contribution in [0.1, 0.15) is 206 Å². The normalized spacial score (nSPS) is 14.9. The maximum Gasteiger partial charge on any atom is 0.472 e. The number of unbranched alkanes of at least 4 members (excludes halogenated alkanes) is 23. The zero-order chi connectivity index (χ0) is 43.1. The first kappa shape index (κ1) is 56.1. The molecule has 13 nitrogen and oxygen atoms in total. The molecule has 342 valence electrons. The van der Waals surface area contributed by atoms with Crippen LogP contribution < -0.4 is 5.73 Å². The summed E-state index contributed by atoms with van der Waals surface area (Å²) in [6, 6.07) is -1.54. The lowest BCUT2D eigenvalue weighted by molar-refractivity contribution is -0.161. The number of carbonyl (C=O) groups excluding carboxylic acids is 2. The number of carbonyl (C=O) groups is 3. The molecule has 0 aromatic rings. The molecule has 0 saturated carbocycles. The number of phosphoric acid groups is 1. The number of carboxylic acid groups (broad SMARTS) is 1. The van der Waals surface area contributed by atoms with E-state index in [1.807, 2.05) is 6.08 Å². The Morgan fingerprint density at radius 3 is 1.55 bits per heavy atom. The zero-order valence-electron chi connectivity index (χ0n) is 36.4. The highest BCUT2D eigenvalue weighted by Gasteiger charge is 2.28. The summed E-state index contributed by atoms with van der Waals surface area (Å²) in [4.78, 5) is 46.0. The molecule has 0 rings (SSSR count). The lowest BCUT2D eigenvalue weighted by atomic mass is 10.0. The van der Waals surface area contributed by atoms with Crippen LogP contribution in [-0.4, -0.2) is 82.3 Å². The number of nitrogens with two attached hydrogens (primary N) is 1. The van der Waals surface area contributed by atoms with Gasteiger partial charge in [0.15, 0.2) is 6.10 Å². The first-order chi connectivity index (χ1) is 27.9. The lowest BCUT2D eigenvalue weighted by Crippen LogP contribution is -2.34. The third-order valence-electron chi connectivity index (χ3n) is 10.2. The predicted molar refractivity (Wildman–Crippen MR) is 229 cm³/mol. The van der Waals surface area contributed by atoms with Crippen LogP contribution in [0.3, 0.4) is 0 Å². The van der Waals surface area contributed by atoms with Gasteiger partial charge in [-0.2, -0.15) is 0 Å². The standard InChI is InChI=1S/C44H84NO12P/c1-3-5-7-9-11-12-13-14-15-16-17-18-19-20-21-25-29-33-42(48)54-35-38(36-55-58(52,53)56-37-39(45)44(50)51)57-43(49)34-30-26-22-24-28-32-41(47)40(46)31-27-23-10-8-6-4-2/h23,27,38-41,46-47H,3-22,24-26,28-37,45H2,1-2H3,(H,50,51)(H,52,53)/b27-23-/t38-,39+,40+,41+/m1/s1. The summed E-state index contributed by atoms with van der Waals surface area (Å²) >= 11 is 0. The van der Waals surface area contributed by atoms with Crippen molar-refractivity contribution in [1.82, 2.24) is 0 Å². The molecule has 0 amide bonds. The van der Waals surface area contributed by atoms with Crippen molar-refractivity contribution in [3.8, 4) is 0 Å². The van der Waals surface area contributed by atoms with E-state index in [-0.39, 0.29) is 19.4 Å².